The number of carbonyl (C=O) groups is 1. The molecule has 1 N–H and O–H groups in total. The quantitative estimate of drug-likeness (QED) is 0.662. The van der Waals surface area contributed by atoms with Crippen molar-refractivity contribution in [3.63, 3.8) is 0 Å². The second kappa shape index (κ2) is 6.33. The fraction of sp³-hybridized carbons (Fsp3) is 0.357. The molecule has 0 amide bonds. The number of carbonyl (C=O) groups excluding carboxylic acids is 1. The van der Waals surface area contributed by atoms with Crippen LogP contribution in [0.3, 0.4) is 0 Å². The number of nitrogens with zero attached hydrogens (tertiary/aromatic N) is 2. The largest absolute Gasteiger partial charge is 0.382 e. The summed E-state index contributed by atoms with van der Waals surface area (Å²) in [6.45, 7) is 5.93. The SMILES string of the molecule is CCC(=O)c1csc(-c2cnc(Cl)cc2NC(C)C)n1. The molecule has 0 unspecified atom stereocenters. The Hall–Kier alpha value is -1.46. The highest BCUT2D eigenvalue weighted by Crippen LogP contribution is 2.32. The average Bonchev–Trinajstić information content (AvgIpc) is 2.86. The van der Waals surface area contributed by atoms with E-state index in [0.29, 0.717) is 17.3 Å². The normalized spacial score (nSPS) is 10.8. The number of nitrogens with one attached hydrogen (secondary N) is 1. The Kier molecular flexibility index (Phi) is 4.73. The summed E-state index contributed by atoms with van der Waals surface area (Å²) in [5.41, 5.74) is 2.26. The van der Waals surface area contributed by atoms with Crippen LogP contribution in [0.5, 0.6) is 0 Å². The van der Waals surface area contributed by atoms with Crippen LogP contribution < -0.4 is 5.32 Å². The topological polar surface area (TPSA) is 54.9 Å². The molecule has 0 aliphatic rings. The lowest BCUT2D eigenvalue weighted by molar-refractivity contribution is 0.0984. The van der Waals surface area contributed by atoms with E-state index >= 15 is 0 Å². The van der Waals surface area contributed by atoms with Crippen LogP contribution in [0.2, 0.25) is 5.15 Å². The summed E-state index contributed by atoms with van der Waals surface area (Å²) < 4.78 is 0. The molecule has 0 saturated heterocycles. The van der Waals surface area contributed by atoms with E-state index in [1.54, 1.807) is 17.6 Å². The average molecular weight is 310 g/mol. The van der Waals surface area contributed by atoms with E-state index in [-0.39, 0.29) is 11.8 Å². The molecule has 0 radical (unpaired) electrons. The molecule has 2 rings (SSSR count). The molecule has 0 aliphatic heterocycles. The number of pyridine rings is 1. The van der Waals surface area contributed by atoms with E-state index < -0.39 is 0 Å². The number of Topliss-reactive ketones (excluding diaryl/α,β-unsaturated/α-hetero) is 1. The molecule has 0 bridgehead atoms. The highest BCUT2D eigenvalue weighted by molar-refractivity contribution is 7.13. The van der Waals surface area contributed by atoms with Gasteiger partial charge in [-0.3, -0.25) is 4.79 Å². The number of rotatable bonds is 5. The van der Waals surface area contributed by atoms with Gasteiger partial charge >= 0.3 is 0 Å². The fourth-order valence-corrected chi connectivity index (χ4v) is 2.74. The minimum absolute atomic E-state index is 0.0489. The van der Waals surface area contributed by atoms with Crippen molar-refractivity contribution < 1.29 is 4.79 Å². The number of anilines is 1. The summed E-state index contributed by atoms with van der Waals surface area (Å²) >= 11 is 7.38. The summed E-state index contributed by atoms with van der Waals surface area (Å²) in [6, 6.07) is 2.04. The van der Waals surface area contributed by atoms with Crippen LogP contribution in [0.15, 0.2) is 17.6 Å². The van der Waals surface area contributed by atoms with E-state index in [0.717, 1.165) is 16.3 Å². The zero-order valence-electron chi connectivity index (χ0n) is 11.6. The minimum Gasteiger partial charge on any atom is -0.382 e. The molecule has 2 heterocycles. The predicted octanol–water partition coefficient (Wildman–Crippen LogP) is 4.27. The van der Waals surface area contributed by atoms with Crippen molar-refractivity contribution in [1.82, 2.24) is 9.97 Å². The molecule has 0 spiro atoms. The number of ketones is 1. The summed E-state index contributed by atoms with van der Waals surface area (Å²) in [5.74, 6) is 0.0489. The summed E-state index contributed by atoms with van der Waals surface area (Å²) in [4.78, 5) is 20.2. The van der Waals surface area contributed by atoms with E-state index in [2.05, 4.69) is 15.3 Å². The van der Waals surface area contributed by atoms with Gasteiger partial charge in [0, 0.05) is 29.7 Å². The molecule has 2 aromatic rings. The van der Waals surface area contributed by atoms with Gasteiger partial charge in [-0.2, -0.15) is 0 Å². The predicted molar refractivity (Wildman–Crippen MR) is 83.7 cm³/mol. The second-order valence-corrected chi connectivity index (χ2v) is 5.91. The molecule has 0 saturated carbocycles. The van der Waals surface area contributed by atoms with Crippen molar-refractivity contribution >= 4 is 34.4 Å². The summed E-state index contributed by atoms with van der Waals surface area (Å²) in [5, 5.41) is 6.31. The zero-order valence-corrected chi connectivity index (χ0v) is 13.2. The van der Waals surface area contributed by atoms with Crippen molar-refractivity contribution in [2.45, 2.75) is 33.2 Å². The molecule has 0 fully saturated rings. The molecule has 0 atom stereocenters. The first-order chi connectivity index (χ1) is 9.51. The van der Waals surface area contributed by atoms with Gasteiger partial charge in [-0.1, -0.05) is 18.5 Å². The molecular weight excluding hydrogens is 294 g/mol. The molecule has 2 aromatic heterocycles. The third kappa shape index (κ3) is 3.35. The van der Waals surface area contributed by atoms with Crippen molar-refractivity contribution in [3.05, 3.63) is 28.5 Å². The maximum Gasteiger partial charge on any atom is 0.181 e. The van der Waals surface area contributed by atoms with Crippen LogP contribution in [-0.4, -0.2) is 21.8 Å². The lowest BCUT2D eigenvalue weighted by Gasteiger charge is -2.13. The number of thiazole rings is 1. The second-order valence-electron chi connectivity index (χ2n) is 4.67. The summed E-state index contributed by atoms with van der Waals surface area (Å²) in [6.07, 6.45) is 2.14. The van der Waals surface area contributed by atoms with Crippen molar-refractivity contribution in [2.24, 2.45) is 0 Å². The molecule has 0 aliphatic carbocycles. The van der Waals surface area contributed by atoms with Gasteiger partial charge in [-0.05, 0) is 19.9 Å². The number of hydrogen-bond acceptors (Lipinski definition) is 5. The third-order valence-electron chi connectivity index (χ3n) is 2.66. The van der Waals surface area contributed by atoms with Crippen LogP contribution in [0.4, 0.5) is 5.69 Å². The summed E-state index contributed by atoms with van der Waals surface area (Å²) in [7, 11) is 0. The first-order valence-corrected chi connectivity index (χ1v) is 7.68. The van der Waals surface area contributed by atoms with E-state index in [9.17, 15) is 4.79 Å². The number of aromatic nitrogens is 2. The minimum atomic E-state index is 0.0489. The molecule has 6 heteroatoms. The Morgan fingerprint density at radius 1 is 1.50 bits per heavy atom. The van der Waals surface area contributed by atoms with Crippen molar-refractivity contribution in [2.75, 3.05) is 5.32 Å². The van der Waals surface area contributed by atoms with E-state index in [1.807, 2.05) is 20.8 Å². The standard InChI is InChI=1S/C14H16ClN3OS/c1-4-12(19)11-7-20-14(18-11)9-6-16-13(15)5-10(9)17-8(2)3/h5-8H,4H2,1-3H3,(H,16,17). The van der Waals surface area contributed by atoms with E-state index in [1.165, 1.54) is 11.3 Å². The van der Waals surface area contributed by atoms with Crippen LogP contribution in [0.25, 0.3) is 10.6 Å². The van der Waals surface area contributed by atoms with Gasteiger partial charge in [-0.15, -0.1) is 11.3 Å². The smallest absolute Gasteiger partial charge is 0.181 e. The van der Waals surface area contributed by atoms with Crippen LogP contribution in [0.1, 0.15) is 37.7 Å². The highest BCUT2D eigenvalue weighted by atomic mass is 35.5. The van der Waals surface area contributed by atoms with Gasteiger partial charge in [-0.25, -0.2) is 9.97 Å². The molecule has 0 aromatic carbocycles. The monoisotopic (exact) mass is 309 g/mol. The molecule has 106 valence electrons. The van der Waals surface area contributed by atoms with Crippen LogP contribution >= 0.6 is 22.9 Å². The first-order valence-electron chi connectivity index (χ1n) is 6.42. The van der Waals surface area contributed by atoms with Gasteiger partial charge in [0.25, 0.3) is 0 Å². The molecule has 4 nitrogen and oxygen atoms in total. The van der Waals surface area contributed by atoms with Gasteiger partial charge in [0.2, 0.25) is 0 Å². The lowest BCUT2D eigenvalue weighted by Crippen LogP contribution is -2.10. The third-order valence-corrected chi connectivity index (χ3v) is 3.74. The van der Waals surface area contributed by atoms with Crippen LogP contribution in [-0.2, 0) is 0 Å². The van der Waals surface area contributed by atoms with Gasteiger partial charge in [0.1, 0.15) is 15.9 Å². The molecule has 20 heavy (non-hydrogen) atoms. The Morgan fingerprint density at radius 3 is 2.90 bits per heavy atom. The Bertz CT molecular complexity index is 625. The van der Waals surface area contributed by atoms with Crippen LogP contribution in [0, 0.1) is 0 Å². The number of halogens is 1. The maximum absolute atomic E-state index is 11.7. The molecular formula is C14H16ClN3OS. The van der Waals surface area contributed by atoms with Gasteiger partial charge in [0.15, 0.2) is 5.78 Å². The fourth-order valence-electron chi connectivity index (χ4n) is 1.74. The lowest BCUT2D eigenvalue weighted by atomic mass is 10.2. The first kappa shape index (κ1) is 14.9. The van der Waals surface area contributed by atoms with Gasteiger partial charge < -0.3 is 5.32 Å². The van der Waals surface area contributed by atoms with E-state index in [4.69, 9.17) is 11.6 Å². The maximum atomic E-state index is 11.7. The number of hydrogen-bond donors (Lipinski definition) is 1. The Balaban J connectivity index is 2.41. The van der Waals surface area contributed by atoms with Crippen molar-refractivity contribution in [1.29, 1.82) is 0 Å². The Labute approximate surface area is 127 Å². The van der Waals surface area contributed by atoms with Crippen molar-refractivity contribution in [3.8, 4) is 10.6 Å². The highest BCUT2D eigenvalue weighted by Gasteiger charge is 2.14. The van der Waals surface area contributed by atoms with Gasteiger partial charge in [0.05, 0.1) is 5.56 Å². The Morgan fingerprint density at radius 2 is 2.25 bits per heavy atom. The zero-order chi connectivity index (χ0) is 14.7.